The SMILES string of the molecule is CC(C)[C@H](NC(=O)C1(C#N)CC1)C(F)(F)F. The zero-order valence-electron chi connectivity index (χ0n) is 9.06. The molecule has 3 nitrogen and oxygen atoms in total. The Labute approximate surface area is 91.6 Å². The summed E-state index contributed by atoms with van der Waals surface area (Å²) in [5.41, 5.74) is -1.21. The molecule has 6 heteroatoms. The van der Waals surface area contributed by atoms with Gasteiger partial charge < -0.3 is 5.32 Å². The normalized spacial score (nSPS) is 20.1. The monoisotopic (exact) mass is 234 g/mol. The molecule has 0 heterocycles. The lowest BCUT2D eigenvalue weighted by molar-refractivity contribution is -0.170. The lowest BCUT2D eigenvalue weighted by Gasteiger charge is -2.25. The van der Waals surface area contributed by atoms with Crippen LogP contribution < -0.4 is 5.32 Å². The molecule has 1 aliphatic rings. The molecule has 1 atom stereocenters. The quantitative estimate of drug-likeness (QED) is 0.811. The van der Waals surface area contributed by atoms with Gasteiger partial charge in [-0.25, -0.2) is 0 Å². The summed E-state index contributed by atoms with van der Waals surface area (Å²) in [6.07, 6.45) is -3.79. The standard InChI is InChI=1S/C10H13F3N2O/c1-6(2)7(10(11,12)13)15-8(16)9(5-14)3-4-9/h6-7H,3-4H2,1-2H3,(H,15,16)/t7-/m0/s1. The largest absolute Gasteiger partial charge is 0.408 e. The molecule has 1 fully saturated rings. The van der Waals surface area contributed by atoms with Crippen molar-refractivity contribution >= 4 is 5.91 Å². The molecule has 0 aromatic heterocycles. The van der Waals surface area contributed by atoms with Crippen LogP contribution in [0.15, 0.2) is 0 Å². The van der Waals surface area contributed by atoms with E-state index in [0.717, 1.165) is 0 Å². The summed E-state index contributed by atoms with van der Waals surface area (Å²) in [7, 11) is 0. The van der Waals surface area contributed by atoms with E-state index in [0.29, 0.717) is 12.8 Å². The average Bonchev–Trinajstić information content (AvgIpc) is 2.91. The molecule has 0 radical (unpaired) electrons. The fourth-order valence-electron chi connectivity index (χ4n) is 1.42. The Kier molecular flexibility index (Phi) is 3.17. The number of alkyl halides is 3. The van der Waals surface area contributed by atoms with Crippen LogP contribution in [0.1, 0.15) is 26.7 Å². The zero-order chi connectivity index (χ0) is 12.6. The number of hydrogen-bond donors (Lipinski definition) is 1. The minimum Gasteiger partial charge on any atom is -0.343 e. The van der Waals surface area contributed by atoms with Gasteiger partial charge in [-0.2, -0.15) is 18.4 Å². The summed E-state index contributed by atoms with van der Waals surface area (Å²) < 4.78 is 37.6. The predicted molar refractivity (Wildman–Crippen MR) is 50.1 cm³/mol. The third-order valence-electron chi connectivity index (χ3n) is 2.70. The van der Waals surface area contributed by atoms with E-state index in [4.69, 9.17) is 5.26 Å². The number of hydrogen-bond acceptors (Lipinski definition) is 2. The van der Waals surface area contributed by atoms with Crippen LogP contribution in [0.4, 0.5) is 13.2 Å². The van der Waals surface area contributed by atoms with Gasteiger partial charge in [0, 0.05) is 0 Å². The molecule has 0 aliphatic heterocycles. The van der Waals surface area contributed by atoms with Gasteiger partial charge >= 0.3 is 6.18 Å². The van der Waals surface area contributed by atoms with Crippen molar-refractivity contribution in [1.82, 2.24) is 5.32 Å². The summed E-state index contributed by atoms with van der Waals surface area (Å²) in [6.45, 7) is 2.76. The molecule has 0 unspecified atom stereocenters. The van der Waals surface area contributed by atoms with Crippen molar-refractivity contribution in [2.45, 2.75) is 38.9 Å². The van der Waals surface area contributed by atoms with Crippen molar-refractivity contribution in [3.05, 3.63) is 0 Å². The van der Waals surface area contributed by atoms with Gasteiger partial charge in [0.15, 0.2) is 0 Å². The van der Waals surface area contributed by atoms with Crippen LogP contribution in [0, 0.1) is 22.7 Å². The second-order valence-corrected chi connectivity index (χ2v) is 4.43. The van der Waals surface area contributed by atoms with Gasteiger partial charge in [0.1, 0.15) is 11.5 Å². The van der Waals surface area contributed by atoms with Gasteiger partial charge in [0.2, 0.25) is 5.91 Å². The third-order valence-corrected chi connectivity index (χ3v) is 2.70. The molecule has 0 saturated heterocycles. The third kappa shape index (κ3) is 2.46. The van der Waals surface area contributed by atoms with Crippen molar-refractivity contribution in [3.63, 3.8) is 0 Å². The Hall–Kier alpha value is -1.25. The lowest BCUT2D eigenvalue weighted by atomic mass is 10.0. The molecule has 0 aromatic carbocycles. The number of carbonyl (C=O) groups excluding carboxylic acids is 1. The minimum atomic E-state index is -4.48. The van der Waals surface area contributed by atoms with Gasteiger partial charge in [-0.3, -0.25) is 4.79 Å². The van der Waals surface area contributed by atoms with E-state index in [1.165, 1.54) is 13.8 Å². The Balaban J connectivity index is 2.71. The highest BCUT2D eigenvalue weighted by molar-refractivity contribution is 5.88. The molecule has 90 valence electrons. The smallest absolute Gasteiger partial charge is 0.343 e. The first-order valence-electron chi connectivity index (χ1n) is 5.02. The molecule has 1 rings (SSSR count). The lowest BCUT2D eigenvalue weighted by Crippen LogP contribution is -2.50. The fourth-order valence-corrected chi connectivity index (χ4v) is 1.42. The van der Waals surface area contributed by atoms with E-state index in [1.54, 1.807) is 6.07 Å². The van der Waals surface area contributed by atoms with Crippen LogP contribution in [-0.2, 0) is 4.79 Å². The number of nitriles is 1. The number of nitrogens with one attached hydrogen (secondary N) is 1. The summed E-state index contributed by atoms with van der Waals surface area (Å²) in [5, 5.41) is 10.6. The van der Waals surface area contributed by atoms with Crippen molar-refractivity contribution in [1.29, 1.82) is 5.26 Å². The molecule has 0 bridgehead atoms. The predicted octanol–water partition coefficient (Wildman–Crippen LogP) is 1.99. The van der Waals surface area contributed by atoms with Crippen LogP contribution in [0.25, 0.3) is 0 Å². The van der Waals surface area contributed by atoms with Crippen LogP contribution in [0.3, 0.4) is 0 Å². The van der Waals surface area contributed by atoms with Gasteiger partial charge in [-0.1, -0.05) is 13.8 Å². The first-order valence-corrected chi connectivity index (χ1v) is 5.02. The zero-order valence-corrected chi connectivity index (χ0v) is 9.06. The molecule has 1 saturated carbocycles. The number of amides is 1. The average molecular weight is 234 g/mol. The Morgan fingerprint density at radius 2 is 1.94 bits per heavy atom. The minimum absolute atomic E-state index is 0.345. The molecule has 1 N–H and O–H groups in total. The van der Waals surface area contributed by atoms with Gasteiger partial charge in [0.05, 0.1) is 6.07 Å². The van der Waals surface area contributed by atoms with E-state index >= 15 is 0 Å². The van der Waals surface area contributed by atoms with E-state index in [2.05, 4.69) is 0 Å². The maximum atomic E-state index is 12.5. The highest BCUT2D eigenvalue weighted by Gasteiger charge is 2.53. The van der Waals surface area contributed by atoms with Gasteiger partial charge in [0.25, 0.3) is 0 Å². The molecular formula is C10H13F3N2O. The highest BCUT2D eigenvalue weighted by Crippen LogP contribution is 2.45. The Morgan fingerprint density at radius 3 is 2.19 bits per heavy atom. The topological polar surface area (TPSA) is 52.9 Å². The van der Waals surface area contributed by atoms with Crippen molar-refractivity contribution in [2.75, 3.05) is 0 Å². The molecule has 1 amide bonds. The molecule has 0 spiro atoms. The first kappa shape index (κ1) is 12.8. The van der Waals surface area contributed by atoms with Crippen LogP contribution in [-0.4, -0.2) is 18.1 Å². The molecule has 1 aliphatic carbocycles. The number of carbonyl (C=O) groups is 1. The summed E-state index contributed by atoms with van der Waals surface area (Å²) in [5.74, 6) is -1.55. The van der Waals surface area contributed by atoms with Crippen LogP contribution in [0.5, 0.6) is 0 Å². The maximum Gasteiger partial charge on any atom is 0.408 e. The van der Waals surface area contributed by atoms with Crippen LogP contribution >= 0.6 is 0 Å². The summed E-state index contributed by atoms with van der Waals surface area (Å²) in [6, 6.07) is -0.115. The second-order valence-electron chi connectivity index (χ2n) is 4.43. The Bertz CT molecular complexity index is 326. The summed E-state index contributed by atoms with van der Waals surface area (Å²) in [4.78, 5) is 11.5. The van der Waals surface area contributed by atoms with Crippen LogP contribution in [0.2, 0.25) is 0 Å². The van der Waals surface area contributed by atoms with E-state index in [1.807, 2.05) is 5.32 Å². The summed E-state index contributed by atoms with van der Waals surface area (Å²) >= 11 is 0. The van der Waals surface area contributed by atoms with E-state index in [-0.39, 0.29) is 0 Å². The molecule has 0 aromatic rings. The van der Waals surface area contributed by atoms with Gasteiger partial charge in [-0.15, -0.1) is 0 Å². The van der Waals surface area contributed by atoms with Crippen molar-refractivity contribution in [3.8, 4) is 6.07 Å². The van der Waals surface area contributed by atoms with Crippen molar-refractivity contribution < 1.29 is 18.0 Å². The number of halogens is 3. The maximum absolute atomic E-state index is 12.5. The highest BCUT2D eigenvalue weighted by atomic mass is 19.4. The van der Waals surface area contributed by atoms with Gasteiger partial charge in [-0.05, 0) is 18.8 Å². The van der Waals surface area contributed by atoms with E-state index < -0.39 is 29.5 Å². The fraction of sp³-hybridized carbons (Fsp3) is 0.800. The molecular weight excluding hydrogens is 221 g/mol. The first-order chi connectivity index (χ1) is 7.23. The molecule has 16 heavy (non-hydrogen) atoms. The Morgan fingerprint density at radius 1 is 1.44 bits per heavy atom. The number of rotatable bonds is 3. The second kappa shape index (κ2) is 3.96. The van der Waals surface area contributed by atoms with E-state index in [9.17, 15) is 18.0 Å². The number of nitrogens with zero attached hydrogens (tertiary/aromatic N) is 1. The van der Waals surface area contributed by atoms with Crippen molar-refractivity contribution in [2.24, 2.45) is 11.3 Å².